The van der Waals surface area contributed by atoms with E-state index in [-0.39, 0.29) is 0 Å². The van der Waals surface area contributed by atoms with E-state index in [4.69, 9.17) is 0 Å². The highest BCUT2D eigenvalue weighted by Gasteiger charge is 1.77. The summed E-state index contributed by atoms with van der Waals surface area (Å²) in [4.78, 5) is 3.60. The highest BCUT2D eigenvalue weighted by Crippen LogP contribution is 1.77. The molecule has 1 aliphatic heterocycles. The summed E-state index contributed by atoms with van der Waals surface area (Å²) < 4.78 is 0. The van der Waals surface area contributed by atoms with Gasteiger partial charge in [0, 0.05) is 12.4 Å². The first-order valence-corrected chi connectivity index (χ1v) is 1.69. The van der Waals surface area contributed by atoms with Crippen LogP contribution in [0.2, 0.25) is 0 Å². The van der Waals surface area contributed by atoms with Gasteiger partial charge in [-0.25, -0.2) is 0 Å². The molecule has 0 bridgehead atoms. The van der Waals surface area contributed by atoms with Crippen molar-refractivity contribution in [3.8, 4) is 0 Å². The third-order valence-electron chi connectivity index (χ3n) is 0.469. The van der Waals surface area contributed by atoms with Crippen LogP contribution in [-0.2, 0) is 0 Å². The number of nitrogens with one attached hydrogen (secondary N) is 1. The number of aliphatic imine (C=N–C) groups is 1. The summed E-state index contributed by atoms with van der Waals surface area (Å²) in [6.07, 6.45) is 5.22. The molecule has 1 N–H and O–H groups in total. The molecular formula is C4H4N2. The summed E-state index contributed by atoms with van der Waals surface area (Å²) in [6.45, 7) is 2.52. The quantitative estimate of drug-likeness (QED) is 0.440. The van der Waals surface area contributed by atoms with E-state index in [1.165, 1.54) is 0 Å². The van der Waals surface area contributed by atoms with Gasteiger partial charge in [0.05, 0.1) is 0 Å². The molecule has 1 rings (SSSR count). The third kappa shape index (κ3) is 0.578. The summed E-state index contributed by atoms with van der Waals surface area (Å²) in [7, 11) is 0. The molecule has 1 aliphatic rings. The second-order valence-electron chi connectivity index (χ2n) is 0.893. The number of allylic oxidation sites excluding steroid dienone is 1. The minimum atomic E-state index is 1.66. The molecule has 0 aliphatic carbocycles. The molecule has 0 saturated carbocycles. The zero-order valence-electron chi connectivity index (χ0n) is 3.18. The van der Waals surface area contributed by atoms with Crippen molar-refractivity contribution in [2.45, 2.75) is 0 Å². The summed E-state index contributed by atoms with van der Waals surface area (Å²) in [5.41, 5.74) is 0. The normalized spacial score (nSPS) is 17.3. The van der Waals surface area contributed by atoms with Crippen molar-refractivity contribution in [1.29, 1.82) is 0 Å². The zero-order chi connectivity index (χ0) is 4.24. The maximum absolute atomic E-state index is 3.60. The first-order valence-electron chi connectivity index (χ1n) is 1.69. The van der Waals surface area contributed by atoms with Gasteiger partial charge in [0.1, 0.15) is 0 Å². The first kappa shape index (κ1) is 3.40. The summed E-state index contributed by atoms with van der Waals surface area (Å²) in [6, 6.07) is 0. The second kappa shape index (κ2) is 1.60. The third-order valence-corrected chi connectivity index (χ3v) is 0.469. The van der Waals surface area contributed by atoms with Crippen LogP contribution in [0, 0.1) is 6.67 Å². The van der Waals surface area contributed by atoms with Crippen LogP contribution < -0.4 is 5.32 Å². The van der Waals surface area contributed by atoms with Gasteiger partial charge in [-0.3, -0.25) is 4.99 Å². The second-order valence-corrected chi connectivity index (χ2v) is 0.893. The van der Waals surface area contributed by atoms with Gasteiger partial charge in [-0.2, -0.15) is 0 Å². The van der Waals surface area contributed by atoms with Crippen molar-refractivity contribution in [2.75, 3.05) is 0 Å². The van der Waals surface area contributed by atoms with E-state index in [0.29, 0.717) is 0 Å². The summed E-state index contributed by atoms with van der Waals surface area (Å²) >= 11 is 0. The fourth-order valence-corrected chi connectivity index (χ4v) is 0.246. The van der Waals surface area contributed by atoms with Crippen LogP contribution in [0.3, 0.4) is 0 Å². The molecule has 0 aromatic carbocycles. The molecule has 2 radical (unpaired) electrons. The van der Waals surface area contributed by atoms with Crippen LogP contribution >= 0.6 is 0 Å². The van der Waals surface area contributed by atoms with E-state index in [1.54, 1.807) is 18.5 Å². The van der Waals surface area contributed by atoms with Gasteiger partial charge in [-0.15, -0.1) is 0 Å². The van der Waals surface area contributed by atoms with Crippen LogP contribution in [0.15, 0.2) is 17.3 Å². The summed E-state index contributed by atoms with van der Waals surface area (Å²) in [5.74, 6) is 0. The van der Waals surface area contributed by atoms with E-state index in [9.17, 15) is 0 Å². The van der Waals surface area contributed by atoms with E-state index in [0.717, 1.165) is 0 Å². The van der Waals surface area contributed by atoms with E-state index in [1.807, 2.05) is 0 Å². The highest BCUT2D eigenvalue weighted by molar-refractivity contribution is 5.72. The number of hydrogen-bond acceptors (Lipinski definition) is 2. The average Bonchev–Trinajstić information content (AvgIpc) is 1.72. The van der Waals surface area contributed by atoms with Crippen LogP contribution in [0.1, 0.15) is 0 Å². The minimum absolute atomic E-state index is 1.66. The minimum Gasteiger partial charge on any atom is -0.360 e. The molecule has 0 aromatic rings. The smallest absolute Gasteiger partial charge is 0.225 e. The lowest BCUT2D eigenvalue weighted by molar-refractivity contribution is 1.01. The molecule has 0 saturated heterocycles. The molecule has 0 spiro atoms. The van der Waals surface area contributed by atoms with Gasteiger partial charge in [0.2, 0.25) is 6.67 Å². The first-order chi connectivity index (χ1) is 3.00. The standard InChI is InChI=1S/C4H4N2/c1-2-5-4-6-3-1/h1-3,5H. The van der Waals surface area contributed by atoms with Crippen molar-refractivity contribution < 1.29 is 0 Å². The molecule has 0 fully saturated rings. The topological polar surface area (TPSA) is 24.4 Å². The molecule has 0 amide bonds. The maximum Gasteiger partial charge on any atom is 0.225 e. The predicted molar refractivity (Wildman–Crippen MR) is 24.0 cm³/mol. The van der Waals surface area contributed by atoms with Crippen molar-refractivity contribution in [1.82, 2.24) is 5.32 Å². The van der Waals surface area contributed by atoms with Crippen LogP contribution in [0.5, 0.6) is 0 Å². The Balaban J connectivity index is 2.46. The Morgan fingerprint density at radius 3 is 2.83 bits per heavy atom. The van der Waals surface area contributed by atoms with E-state index < -0.39 is 0 Å². The lowest BCUT2D eigenvalue weighted by Gasteiger charge is -1.91. The maximum atomic E-state index is 3.60. The molecule has 2 nitrogen and oxygen atoms in total. The molecule has 1 heterocycles. The highest BCUT2D eigenvalue weighted by atomic mass is 15.0. The fraction of sp³-hybridized carbons (Fsp3) is 0. The Kier molecular flexibility index (Phi) is 0.906. The number of nitrogens with zero attached hydrogens (tertiary/aromatic N) is 1. The average molecular weight is 80.1 g/mol. The van der Waals surface area contributed by atoms with Crippen LogP contribution in [0.4, 0.5) is 0 Å². The Hall–Kier alpha value is -0.790. The van der Waals surface area contributed by atoms with Crippen molar-refractivity contribution >= 4 is 6.21 Å². The fourth-order valence-electron chi connectivity index (χ4n) is 0.246. The van der Waals surface area contributed by atoms with Gasteiger partial charge < -0.3 is 5.32 Å². The van der Waals surface area contributed by atoms with E-state index >= 15 is 0 Å². The molecule has 2 heteroatoms. The van der Waals surface area contributed by atoms with Gasteiger partial charge in [0.25, 0.3) is 0 Å². The molecule has 0 unspecified atom stereocenters. The largest absolute Gasteiger partial charge is 0.360 e. The number of hydrogen-bond donors (Lipinski definition) is 1. The monoisotopic (exact) mass is 80.0 g/mol. The van der Waals surface area contributed by atoms with Crippen molar-refractivity contribution in [3.63, 3.8) is 0 Å². The lowest BCUT2D eigenvalue weighted by Crippen LogP contribution is -2.00. The molecular weight excluding hydrogens is 76.1 g/mol. The lowest BCUT2D eigenvalue weighted by atomic mass is 10.6. The Morgan fingerprint density at radius 2 is 2.67 bits per heavy atom. The van der Waals surface area contributed by atoms with E-state index in [2.05, 4.69) is 17.0 Å². The van der Waals surface area contributed by atoms with Gasteiger partial charge in [-0.1, -0.05) is 0 Å². The van der Waals surface area contributed by atoms with Crippen LogP contribution in [-0.4, -0.2) is 6.21 Å². The SMILES string of the molecule is [C]1N=CC=CN1. The molecule has 6 heavy (non-hydrogen) atoms. The summed E-state index contributed by atoms with van der Waals surface area (Å²) in [5, 5.41) is 2.66. The van der Waals surface area contributed by atoms with Crippen molar-refractivity contribution in [3.05, 3.63) is 18.9 Å². The van der Waals surface area contributed by atoms with Gasteiger partial charge in [-0.05, 0) is 6.08 Å². The van der Waals surface area contributed by atoms with Gasteiger partial charge >= 0.3 is 0 Å². The molecule has 0 aromatic heterocycles. The van der Waals surface area contributed by atoms with Crippen LogP contribution in [0.25, 0.3) is 0 Å². The Bertz CT molecular complexity index is 71.5. The Morgan fingerprint density at radius 1 is 1.67 bits per heavy atom. The zero-order valence-corrected chi connectivity index (χ0v) is 3.18. The molecule has 0 atom stereocenters. The predicted octanol–water partition coefficient (Wildman–Crippen LogP) is 0.170. The Labute approximate surface area is 36.6 Å². The number of rotatable bonds is 0. The van der Waals surface area contributed by atoms with Gasteiger partial charge in [0.15, 0.2) is 0 Å². The molecule has 30 valence electrons. The van der Waals surface area contributed by atoms with Crippen molar-refractivity contribution in [2.24, 2.45) is 4.99 Å².